The summed E-state index contributed by atoms with van der Waals surface area (Å²) in [5.41, 5.74) is 3.11. The lowest BCUT2D eigenvalue weighted by atomic mass is 10.1. The molecule has 38 heavy (non-hydrogen) atoms. The van der Waals surface area contributed by atoms with Gasteiger partial charge >= 0.3 is 6.09 Å². The highest BCUT2D eigenvalue weighted by Crippen LogP contribution is 2.29. The lowest BCUT2D eigenvalue weighted by Crippen LogP contribution is -2.42. The second kappa shape index (κ2) is 10.4. The van der Waals surface area contributed by atoms with Crippen LogP contribution in [0.15, 0.2) is 54.2 Å². The molecule has 0 saturated carbocycles. The molecule has 8 nitrogen and oxygen atoms in total. The Balaban J connectivity index is 1.32. The molecule has 1 aliphatic rings. The topological polar surface area (TPSA) is 77.5 Å². The zero-order chi connectivity index (χ0) is 27.0. The smallest absolute Gasteiger partial charge is 0.410 e. The number of ether oxygens (including phenoxy) is 1. The van der Waals surface area contributed by atoms with Gasteiger partial charge in [0.2, 0.25) is 0 Å². The standard InChI is InChI=1S/C27H27Cl2FN6O2/c1-27(2,3)38-26(37)34-9-6-19(7-10-34)36-16-18(14-32-36)17-12-24-23(31-13-17)8-11-35(24)33-15-20-21(28)4-5-22(30)25(20)29/h4-5,8,11-16,19H,6-7,9-10H2,1-3H3/b33-15+. The first-order chi connectivity index (χ1) is 18.1. The van der Waals surface area contributed by atoms with E-state index in [0.717, 1.165) is 35.0 Å². The molecule has 5 rings (SSSR count). The van der Waals surface area contributed by atoms with E-state index >= 15 is 0 Å². The van der Waals surface area contributed by atoms with Gasteiger partial charge in [0.05, 0.1) is 39.5 Å². The molecule has 0 aliphatic carbocycles. The summed E-state index contributed by atoms with van der Waals surface area (Å²) in [6, 6.07) is 6.66. The van der Waals surface area contributed by atoms with Crippen LogP contribution in [0.2, 0.25) is 10.0 Å². The molecule has 3 aromatic heterocycles. The second-order valence-electron chi connectivity index (χ2n) is 10.2. The average Bonchev–Trinajstić information content (AvgIpc) is 3.53. The molecule has 1 saturated heterocycles. The van der Waals surface area contributed by atoms with Crippen LogP contribution >= 0.6 is 23.2 Å². The fourth-order valence-electron chi connectivity index (χ4n) is 4.36. The normalized spacial score (nSPS) is 15.1. The number of hydrogen-bond donors (Lipinski definition) is 0. The SMILES string of the molecule is CC(C)(C)OC(=O)N1CCC(n2cc(-c3cnc4ccn(/N=C/c5c(Cl)ccc(F)c5Cl)c4c3)cn2)CC1. The Morgan fingerprint density at radius 1 is 1.16 bits per heavy atom. The fourth-order valence-corrected chi connectivity index (χ4v) is 4.83. The molecule has 1 fully saturated rings. The third-order valence-corrected chi connectivity index (χ3v) is 7.05. The van der Waals surface area contributed by atoms with E-state index in [0.29, 0.717) is 23.7 Å². The number of carbonyl (C=O) groups excluding carboxylic acids is 1. The number of piperidine rings is 1. The fraction of sp³-hybridized carbons (Fsp3) is 0.333. The van der Waals surface area contributed by atoms with Crippen molar-refractivity contribution in [2.24, 2.45) is 5.10 Å². The van der Waals surface area contributed by atoms with Crippen molar-refractivity contribution in [1.29, 1.82) is 0 Å². The maximum atomic E-state index is 13.9. The van der Waals surface area contributed by atoms with Crippen molar-refractivity contribution in [3.8, 4) is 11.1 Å². The van der Waals surface area contributed by atoms with E-state index in [9.17, 15) is 9.18 Å². The highest BCUT2D eigenvalue weighted by atomic mass is 35.5. The summed E-state index contributed by atoms with van der Waals surface area (Å²) in [6.07, 6.45) is 10.1. The zero-order valence-corrected chi connectivity index (χ0v) is 22.7. The van der Waals surface area contributed by atoms with Gasteiger partial charge in [0.25, 0.3) is 0 Å². The number of benzene rings is 1. The van der Waals surface area contributed by atoms with E-state index in [4.69, 9.17) is 27.9 Å². The maximum absolute atomic E-state index is 13.9. The molecule has 0 spiro atoms. The Bertz CT molecular complexity index is 1520. The average molecular weight is 557 g/mol. The zero-order valence-electron chi connectivity index (χ0n) is 21.2. The van der Waals surface area contributed by atoms with Gasteiger partial charge in [-0.05, 0) is 57.9 Å². The molecule has 0 atom stereocenters. The number of nitrogens with zero attached hydrogens (tertiary/aromatic N) is 6. The number of hydrogen-bond acceptors (Lipinski definition) is 5. The van der Waals surface area contributed by atoms with Gasteiger partial charge in [-0.15, -0.1) is 0 Å². The number of likely N-dealkylation sites (tertiary alicyclic amines) is 1. The first kappa shape index (κ1) is 26.2. The Hall–Kier alpha value is -3.43. The van der Waals surface area contributed by atoms with Crippen LogP contribution in [-0.2, 0) is 4.74 Å². The van der Waals surface area contributed by atoms with E-state index in [1.807, 2.05) is 50.0 Å². The maximum Gasteiger partial charge on any atom is 0.410 e. The molecule has 0 unspecified atom stereocenters. The van der Waals surface area contributed by atoms with Crippen molar-refractivity contribution >= 4 is 46.5 Å². The molecule has 4 heterocycles. The summed E-state index contributed by atoms with van der Waals surface area (Å²) in [4.78, 5) is 18.7. The summed E-state index contributed by atoms with van der Waals surface area (Å²) in [5.74, 6) is -0.564. The Morgan fingerprint density at radius 2 is 1.92 bits per heavy atom. The summed E-state index contributed by atoms with van der Waals surface area (Å²) in [5, 5.41) is 9.25. The van der Waals surface area contributed by atoms with Crippen LogP contribution in [0.1, 0.15) is 45.2 Å². The number of carbonyl (C=O) groups is 1. The van der Waals surface area contributed by atoms with Crippen molar-refractivity contribution < 1.29 is 13.9 Å². The Morgan fingerprint density at radius 3 is 2.66 bits per heavy atom. The minimum Gasteiger partial charge on any atom is -0.444 e. The van der Waals surface area contributed by atoms with E-state index in [1.54, 1.807) is 22.0 Å². The van der Waals surface area contributed by atoms with Gasteiger partial charge in [0, 0.05) is 48.4 Å². The Kier molecular flexibility index (Phi) is 7.15. The molecule has 11 heteroatoms. The molecule has 0 bridgehead atoms. The van der Waals surface area contributed by atoms with E-state index < -0.39 is 11.4 Å². The van der Waals surface area contributed by atoms with Gasteiger partial charge in [-0.25, -0.2) is 13.9 Å². The van der Waals surface area contributed by atoms with E-state index in [2.05, 4.69) is 15.2 Å². The van der Waals surface area contributed by atoms with Gasteiger partial charge < -0.3 is 9.64 Å². The van der Waals surface area contributed by atoms with Crippen LogP contribution < -0.4 is 0 Å². The van der Waals surface area contributed by atoms with Crippen LogP contribution in [0.5, 0.6) is 0 Å². The number of amides is 1. The van der Waals surface area contributed by atoms with Gasteiger partial charge in [-0.3, -0.25) is 9.67 Å². The van der Waals surface area contributed by atoms with Crippen molar-refractivity contribution in [3.63, 3.8) is 0 Å². The predicted octanol–water partition coefficient (Wildman–Crippen LogP) is 6.80. The van der Waals surface area contributed by atoms with Crippen molar-refractivity contribution in [3.05, 3.63) is 70.5 Å². The molecule has 1 aliphatic heterocycles. The van der Waals surface area contributed by atoms with Crippen LogP contribution in [0, 0.1) is 5.82 Å². The van der Waals surface area contributed by atoms with Crippen molar-refractivity contribution in [1.82, 2.24) is 24.3 Å². The van der Waals surface area contributed by atoms with Crippen LogP contribution in [0.4, 0.5) is 9.18 Å². The highest BCUT2D eigenvalue weighted by molar-refractivity contribution is 6.38. The molecule has 1 amide bonds. The van der Waals surface area contributed by atoms with Gasteiger partial charge in [-0.2, -0.15) is 10.2 Å². The number of aromatic nitrogens is 4. The molecular weight excluding hydrogens is 530 g/mol. The molecule has 0 N–H and O–H groups in total. The summed E-state index contributed by atoms with van der Waals surface area (Å²) < 4.78 is 23.0. The molecule has 0 radical (unpaired) electrons. The number of fused-ring (bicyclic) bond motifs is 1. The van der Waals surface area contributed by atoms with Crippen molar-refractivity contribution in [2.75, 3.05) is 13.1 Å². The van der Waals surface area contributed by atoms with Gasteiger partial charge in [-0.1, -0.05) is 23.2 Å². The largest absolute Gasteiger partial charge is 0.444 e. The Labute approximate surface area is 229 Å². The third kappa shape index (κ3) is 5.54. The minimum atomic E-state index is -0.564. The van der Waals surface area contributed by atoms with Gasteiger partial charge in [0.15, 0.2) is 0 Å². The first-order valence-electron chi connectivity index (χ1n) is 12.3. The van der Waals surface area contributed by atoms with Crippen LogP contribution in [0.3, 0.4) is 0 Å². The third-order valence-electron chi connectivity index (χ3n) is 6.33. The molecule has 1 aromatic carbocycles. The number of rotatable bonds is 4. The van der Waals surface area contributed by atoms with Crippen molar-refractivity contribution in [2.45, 2.75) is 45.3 Å². The highest BCUT2D eigenvalue weighted by Gasteiger charge is 2.28. The summed E-state index contributed by atoms with van der Waals surface area (Å²) in [6.45, 7) is 6.84. The van der Waals surface area contributed by atoms with Crippen LogP contribution in [0.25, 0.3) is 22.2 Å². The molecule has 198 valence electrons. The first-order valence-corrected chi connectivity index (χ1v) is 13.0. The summed E-state index contributed by atoms with van der Waals surface area (Å²) in [7, 11) is 0. The van der Waals surface area contributed by atoms with Crippen LogP contribution in [-0.4, -0.2) is 55.3 Å². The van der Waals surface area contributed by atoms with E-state index in [1.165, 1.54) is 18.3 Å². The van der Waals surface area contributed by atoms with E-state index in [-0.39, 0.29) is 17.2 Å². The minimum absolute atomic E-state index is 0.0825. The quantitative estimate of drug-likeness (QED) is 0.204. The predicted molar refractivity (Wildman–Crippen MR) is 146 cm³/mol. The molecular formula is C27H27Cl2FN6O2. The summed E-state index contributed by atoms with van der Waals surface area (Å²) >= 11 is 12.3. The second-order valence-corrected chi connectivity index (χ2v) is 11.0. The molecule has 4 aromatic rings. The lowest BCUT2D eigenvalue weighted by molar-refractivity contribution is 0.0185. The number of halogens is 3. The monoisotopic (exact) mass is 556 g/mol. The number of pyridine rings is 1. The lowest BCUT2D eigenvalue weighted by Gasteiger charge is -2.33. The van der Waals surface area contributed by atoms with Gasteiger partial charge in [0.1, 0.15) is 11.4 Å².